The largest absolute Gasteiger partial charge is 0.479 e. The molecule has 2 atom stereocenters. The third-order valence-electron chi connectivity index (χ3n) is 3.35. The van der Waals surface area contributed by atoms with Gasteiger partial charge in [-0.2, -0.15) is 0 Å². The second kappa shape index (κ2) is 6.58. The molecule has 1 aliphatic heterocycles. The summed E-state index contributed by atoms with van der Waals surface area (Å²) in [4.78, 5) is 22.6. The molecule has 0 radical (unpaired) electrons. The highest BCUT2D eigenvalue weighted by Crippen LogP contribution is 2.19. The second-order valence-corrected chi connectivity index (χ2v) is 5.37. The molecule has 6 heteroatoms. The molecule has 1 saturated heterocycles. The van der Waals surface area contributed by atoms with Crippen molar-refractivity contribution >= 4 is 17.7 Å². The summed E-state index contributed by atoms with van der Waals surface area (Å²) in [7, 11) is 0. The number of hydrogen-bond acceptors (Lipinski definition) is 3. The lowest BCUT2D eigenvalue weighted by molar-refractivity contribution is -0.149. The first-order chi connectivity index (χ1) is 9.94. The van der Waals surface area contributed by atoms with Crippen LogP contribution in [0.4, 0.5) is 10.5 Å². The lowest BCUT2D eigenvalue weighted by Crippen LogP contribution is -2.35. The van der Waals surface area contributed by atoms with Gasteiger partial charge in [0.05, 0.1) is 6.10 Å². The molecular weight excluding hydrogens is 272 g/mol. The Kier molecular flexibility index (Phi) is 4.80. The standard InChI is InChI=1S/C15H20N2O4/c1-9-5-10(2)7-11(6-9)17-15(20)16-8-12-3-4-13(21-12)14(18)19/h5-7,12-13H,3-4,8H2,1-2H3,(H,18,19)(H2,16,17,20). The predicted octanol–water partition coefficient (Wildman–Crippen LogP) is 2.06. The van der Waals surface area contributed by atoms with E-state index >= 15 is 0 Å². The first-order valence-electron chi connectivity index (χ1n) is 6.95. The van der Waals surface area contributed by atoms with Crippen molar-refractivity contribution in [2.75, 3.05) is 11.9 Å². The van der Waals surface area contributed by atoms with E-state index in [0.717, 1.165) is 16.8 Å². The molecule has 1 aliphatic rings. The van der Waals surface area contributed by atoms with Crippen molar-refractivity contribution in [1.29, 1.82) is 0 Å². The van der Waals surface area contributed by atoms with E-state index in [0.29, 0.717) is 19.4 Å². The van der Waals surface area contributed by atoms with Crippen molar-refractivity contribution in [2.24, 2.45) is 0 Å². The molecule has 0 aromatic heterocycles. The fourth-order valence-electron chi connectivity index (χ4n) is 2.47. The molecular formula is C15H20N2O4. The van der Waals surface area contributed by atoms with Gasteiger partial charge in [0.2, 0.25) is 0 Å². The number of anilines is 1. The Morgan fingerprint density at radius 1 is 1.24 bits per heavy atom. The van der Waals surface area contributed by atoms with Gasteiger partial charge in [-0.1, -0.05) is 6.07 Å². The van der Waals surface area contributed by atoms with Crippen LogP contribution in [0.3, 0.4) is 0 Å². The van der Waals surface area contributed by atoms with Crippen molar-refractivity contribution in [2.45, 2.75) is 38.9 Å². The van der Waals surface area contributed by atoms with Gasteiger partial charge < -0.3 is 20.5 Å². The number of nitrogens with one attached hydrogen (secondary N) is 2. The smallest absolute Gasteiger partial charge is 0.332 e. The molecule has 1 heterocycles. The summed E-state index contributed by atoms with van der Waals surface area (Å²) in [5, 5.41) is 14.3. The molecule has 2 unspecified atom stereocenters. The Morgan fingerprint density at radius 3 is 2.48 bits per heavy atom. The van der Waals surface area contributed by atoms with Gasteiger partial charge in [-0.3, -0.25) is 0 Å². The minimum atomic E-state index is -0.947. The Bertz CT molecular complexity index is 524. The maximum absolute atomic E-state index is 11.8. The molecule has 1 fully saturated rings. The summed E-state index contributed by atoms with van der Waals surface area (Å²) in [5.74, 6) is -0.947. The van der Waals surface area contributed by atoms with E-state index in [9.17, 15) is 9.59 Å². The highest BCUT2D eigenvalue weighted by atomic mass is 16.5. The van der Waals surface area contributed by atoms with Gasteiger partial charge in [0, 0.05) is 12.2 Å². The molecule has 0 bridgehead atoms. The van der Waals surface area contributed by atoms with Gasteiger partial charge in [-0.05, 0) is 49.9 Å². The highest BCUT2D eigenvalue weighted by Gasteiger charge is 2.30. The molecule has 114 valence electrons. The molecule has 21 heavy (non-hydrogen) atoms. The molecule has 6 nitrogen and oxygen atoms in total. The van der Waals surface area contributed by atoms with Crippen LogP contribution in [0.5, 0.6) is 0 Å². The van der Waals surface area contributed by atoms with Crippen LogP contribution in [0.25, 0.3) is 0 Å². The van der Waals surface area contributed by atoms with Crippen LogP contribution in [0.1, 0.15) is 24.0 Å². The number of aliphatic carboxylic acids is 1. The van der Waals surface area contributed by atoms with Crippen LogP contribution >= 0.6 is 0 Å². The number of carbonyl (C=O) groups is 2. The van der Waals surface area contributed by atoms with Crippen LogP contribution < -0.4 is 10.6 Å². The summed E-state index contributed by atoms with van der Waals surface area (Å²) < 4.78 is 5.32. The van der Waals surface area contributed by atoms with E-state index in [1.165, 1.54) is 0 Å². The maximum Gasteiger partial charge on any atom is 0.332 e. The molecule has 1 aromatic carbocycles. The first-order valence-corrected chi connectivity index (χ1v) is 6.95. The zero-order valence-corrected chi connectivity index (χ0v) is 12.2. The van der Waals surface area contributed by atoms with Crippen LogP contribution in [-0.4, -0.2) is 35.9 Å². The SMILES string of the molecule is Cc1cc(C)cc(NC(=O)NCC2CCC(C(=O)O)O2)c1. The maximum atomic E-state index is 11.8. The van der Waals surface area contributed by atoms with Crippen LogP contribution in [-0.2, 0) is 9.53 Å². The third-order valence-corrected chi connectivity index (χ3v) is 3.35. The number of benzene rings is 1. The normalized spacial score (nSPS) is 21.0. The van der Waals surface area contributed by atoms with Crippen LogP contribution in [0.2, 0.25) is 0 Å². The summed E-state index contributed by atoms with van der Waals surface area (Å²) in [6, 6.07) is 5.49. The molecule has 0 aliphatic carbocycles. The Hall–Kier alpha value is -2.08. The average molecular weight is 292 g/mol. The Labute approximate surface area is 123 Å². The van der Waals surface area contributed by atoms with Crippen molar-refractivity contribution in [3.05, 3.63) is 29.3 Å². The molecule has 1 aromatic rings. The molecule has 2 rings (SSSR count). The quantitative estimate of drug-likeness (QED) is 0.792. The van der Waals surface area contributed by atoms with Gasteiger partial charge >= 0.3 is 12.0 Å². The van der Waals surface area contributed by atoms with E-state index in [2.05, 4.69) is 10.6 Å². The van der Waals surface area contributed by atoms with Crippen molar-refractivity contribution in [3.8, 4) is 0 Å². The van der Waals surface area contributed by atoms with Gasteiger partial charge in [-0.25, -0.2) is 9.59 Å². The lowest BCUT2D eigenvalue weighted by Gasteiger charge is -2.13. The zero-order valence-electron chi connectivity index (χ0n) is 12.2. The predicted molar refractivity (Wildman–Crippen MR) is 78.5 cm³/mol. The van der Waals surface area contributed by atoms with E-state index in [-0.39, 0.29) is 12.1 Å². The summed E-state index contributed by atoms with van der Waals surface area (Å²) in [6.07, 6.45) is 0.136. The molecule has 0 spiro atoms. The van der Waals surface area contributed by atoms with Crippen LogP contribution in [0.15, 0.2) is 18.2 Å². The monoisotopic (exact) mass is 292 g/mol. The highest BCUT2D eigenvalue weighted by molar-refractivity contribution is 5.89. The number of aryl methyl sites for hydroxylation is 2. The molecule has 0 saturated carbocycles. The second-order valence-electron chi connectivity index (χ2n) is 5.37. The number of carbonyl (C=O) groups excluding carboxylic acids is 1. The summed E-state index contributed by atoms with van der Waals surface area (Å²) in [6.45, 7) is 4.24. The number of carboxylic acid groups (broad SMARTS) is 1. The van der Waals surface area contributed by atoms with E-state index in [1.807, 2.05) is 32.0 Å². The fourth-order valence-corrected chi connectivity index (χ4v) is 2.47. The minimum Gasteiger partial charge on any atom is -0.479 e. The van der Waals surface area contributed by atoms with Gasteiger partial charge in [-0.15, -0.1) is 0 Å². The molecule has 3 N–H and O–H groups in total. The first kappa shape index (κ1) is 15.3. The Morgan fingerprint density at radius 2 is 1.90 bits per heavy atom. The van der Waals surface area contributed by atoms with Crippen molar-refractivity contribution in [3.63, 3.8) is 0 Å². The number of urea groups is 1. The average Bonchev–Trinajstić information content (AvgIpc) is 2.84. The topological polar surface area (TPSA) is 87.7 Å². The third kappa shape index (κ3) is 4.46. The number of hydrogen-bond donors (Lipinski definition) is 3. The fraction of sp³-hybridized carbons (Fsp3) is 0.467. The zero-order chi connectivity index (χ0) is 15.4. The lowest BCUT2D eigenvalue weighted by atomic mass is 10.1. The van der Waals surface area contributed by atoms with Crippen molar-refractivity contribution in [1.82, 2.24) is 5.32 Å². The van der Waals surface area contributed by atoms with Gasteiger partial charge in [0.25, 0.3) is 0 Å². The Balaban J connectivity index is 1.79. The van der Waals surface area contributed by atoms with E-state index < -0.39 is 12.1 Å². The summed E-state index contributed by atoms with van der Waals surface area (Å²) in [5.41, 5.74) is 2.89. The van der Waals surface area contributed by atoms with E-state index in [1.54, 1.807) is 0 Å². The minimum absolute atomic E-state index is 0.240. The summed E-state index contributed by atoms with van der Waals surface area (Å²) >= 11 is 0. The van der Waals surface area contributed by atoms with Crippen molar-refractivity contribution < 1.29 is 19.4 Å². The van der Waals surface area contributed by atoms with Gasteiger partial charge in [0.15, 0.2) is 6.10 Å². The van der Waals surface area contributed by atoms with Gasteiger partial charge in [0.1, 0.15) is 0 Å². The number of carboxylic acids is 1. The number of ether oxygens (including phenoxy) is 1. The number of rotatable bonds is 4. The van der Waals surface area contributed by atoms with E-state index in [4.69, 9.17) is 9.84 Å². The molecule has 2 amide bonds. The number of amides is 2. The van der Waals surface area contributed by atoms with Crippen LogP contribution in [0, 0.1) is 13.8 Å².